The molecule has 7 heteroatoms. The summed E-state index contributed by atoms with van der Waals surface area (Å²) in [5.41, 5.74) is 1.89. The maximum Gasteiger partial charge on any atom is 0.266 e. The normalized spacial score (nSPS) is 11.0. The number of benzene rings is 2. The minimum Gasteiger partial charge on any atom is -0.495 e. The number of halogens is 2. The van der Waals surface area contributed by atoms with Gasteiger partial charge >= 0.3 is 0 Å². The highest BCUT2D eigenvalue weighted by atomic mass is 35.5. The highest BCUT2D eigenvalue weighted by Crippen LogP contribution is 2.32. The lowest BCUT2D eigenvalue weighted by atomic mass is 10.2. The number of aromatic nitrogens is 2. The van der Waals surface area contributed by atoms with Crippen molar-refractivity contribution in [3.8, 4) is 11.4 Å². The molecule has 0 aliphatic rings. The standard InChI is InChI=1S/C16H12Cl2N2O2S/c1-8-3-4-9-12(5-8)19-16(23)20(15(9)21)13-7-14(22-2)11(18)6-10(13)17/h3-7H,1-2H3,(H,19,23). The van der Waals surface area contributed by atoms with Crippen LogP contribution in [-0.4, -0.2) is 16.7 Å². The first-order valence-electron chi connectivity index (χ1n) is 6.71. The smallest absolute Gasteiger partial charge is 0.266 e. The van der Waals surface area contributed by atoms with E-state index < -0.39 is 0 Å². The number of aryl methyl sites for hydroxylation is 1. The Morgan fingerprint density at radius 2 is 1.91 bits per heavy atom. The summed E-state index contributed by atoms with van der Waals surface area (Å²) in [6.07, 6.45) is 0. The SMILES string of the molecule is COc1cc(-n2c(=S)[nH]c3cc(C)ccc3c2=O)c(Cl)cc1Cl. The third-order valence-corrected chi connectivity index (χ3v) is 4.40. The summed E-state index contributed by atoms with van der Waals surface area (Å²) in [4.78, 5) is 15.9. The highest BCUT2D eigenvalue weighted by Gasteiger charge is 2.14. The van der Waals surface area contributed by atoms with Gasteiger partial charge in [-0.2, -0.15) is 0 Å². The Morgan fingerprint density at radius 1 is 1.17 bits per heavy atom. The van der Waals surface area contributed by atoms with Crippen molar-refractivity contribution in [1.29, 1.82) is 0 Å². The second-order valence-corrected chi connectivity index (χ2v) is 6.26. The summed E-state index contributed by atoms with van der Waals surface area (Å²) < 4.78 is 6.79. The summed E-state index contributed by atoms with van der Waals surface area (Å²) in [7, 11) is 1.49. The van der Waals surface area contributed by atoms with Crippen LogP contribution in [0.5, 0.6) is 5.75 Å². The Hall–Kier alpha value is -1.82. The molecule has 0 bridgehead atoms. The van der Waals surface area contributed by atoms with Gasteiger partial charge in [0.1, 0.15) is 5.75 Å². The van der Waals surface area contributed by atoms with Crippen molar-refractivity contribution in [2.45, 2.75) is 6.92 Å². The first-order valence-corrected chi connectivity index (χ1v) is 7.88. The third-order valence-electron chi connectivity index (χ3n) is 3.52. The molecule has 1 heterocycles. The van der Waals surface area contributed by atoms with E-state index in [-0.39, 0.29) is 10.3 Å². The Bertz CT molecular complexity index is 1040. The van der Waals surface area contributed by atoms with Crippen molar-refractivity contribution < 1.29 is 4.74 Å². The number of fused-ring (bicyclic) bond motifs is 1. The number of nitrogens with zero attached hydrogens (tertiary/aromatic N) is 1. The second-order valence-electron chi connectivity index (χ2n) is 5.06. The van der Waals surface area contributed by atoms with Crippen LogP contribution in [0.25, 0.3) is 16.6 Å². The minimum atomic E-state index is -0.255. The molecule has 0 fully saturated rings. The summed E-state index contributed by atoms with van der Waals surface area (Å²) in [5.74, 6) is 0.413. The molecule has 0 atom stereocenters. The monoisotopic (exact) mass is 366 g/mol. The summed E-state index contributed by atoms with van der Waals surface area (Å²) in [6, 6.07) is 8.62. The minimum absolute atomic E-state index is 0.249. The predicted octanol–water partition coefficient (Wildman–Crippen LogP) is 4.67. The van der Waals surface area contributed by atoms with Crippen molar-refractivity contribution in [2.24, 2.45) is 0 Å². The second kappa shape index (κ2) is 6.00. The number of hydrogen-bond acceptors (Lipinski definition) is 3. The molecule has 0 amide bonds. The van der Waals surface area contributed by atoms with Gasteiger partial charge in [-0.25, -0.2) is 0 Å². The molecule has 4 nitrogen and oxygen atoms in total. The Morgan fingerprint density at radius 3 is 2.61 bits per heavy atom. The first kappa shape index (κ1) is 16.1. The van der Waals surface area contributed by atoms with Gasteiger partial charge in [0.15, 0.2) is 4.77 Å². The van der Waals surface area contributed by atoms with Gasteiger partial charge in [0.2, 0.25) is 0 Å². The van der Waals surface area contributed by atoms with Gasteiger partial charge in [-0.1, -0.05) is 29.3 Å². The molecule has 118 valence electrons. The molecule has 3 rings (SSSR count). The molecule has 0 spiro atoms. The molecule has 0 aliphatic heterocycles. The van der Waals surface area contributed by atoms with Crippen LogP contribution in [0.1, 0.15) is 5.56 Å². The third kappa shape index (κ3) is 2.76. The zero-order valence-electron chi connectivity index (χ0n) is 12.3. The van der Waals surface area contributed by atoms with Crippen molar-refractivity contribution in [3.63, 3.8) is 0 Å². The maximum absolute atomic E-state index is 12.8. The van der Waals surface area contributed by atoms with E-state index in [4.69, 9.17) is 40.2 Å². The van der Waals surface area contributed by atoms with Crippen molar-refractivity contribution in [2.75, 3.05) is 7.11 Å². The van der Waals surface area contributed by atoms with E-state index in [0.29, 0.717) is 32.4 Å². The molecule has 3 aromatic rings. The summed E-state index contributed by atoms with van der Waals surface area (Å²) in [5, 5.41) is 1.19. The van der Waals surface area contributed by atoms with Crippen LogP contribution in [0.3, 0.4) is 0 Å². The van der Waals surface area contributed by atoms with Crippen molar-refractivity contribution in [1.82, 2.24) is 9.55 Å². The van der Waals surface area contributed by atoms with E-state index in [0.717, 1.165) is 5.56 Å². The average Bonchev–Trinajstić information content (AvgIpc) is 2.48. The van der Waals surface area contributed by atoms with E-state index in [2.05, 4.69) is 4.98 Å². The lowest BCUT2D eigenvalue weighted by Gasteiger charge is -2.12. The van der Waals surface area contributed by atoms with Crippen LogP contribution in [0.15, 0.2) is 35.1 Å². The number of ether oxygens (including phenoxy) is 1. The average molecular weight is 367 g/mol. The topological polar surface area (TPSA) is 47.0 Å². The van der Waals surface area contributed by atoms with Gasteiger partial charge in [-0.3, -0.25) is 9.36 Å². The predicted molar refractivity (Wildman–Crippen MR) is 96.0 cm³/mol. The zero-order valence-corrected chi connectivity index (χ0v) is 14.6. The molecule has 1 N–H and O–H groups in total. The lowest BCUT2D eigenvalue weighted by molar-refractivity contribution is 0.415. The van der Waals surface area contributed by atoms with Crippen molar-refractivity contribution in [3.05, 3.63) is 61.1 Å². The largest absolute Gasteiger partial charge is 0.495 e. The van der Waals surface area contributed by atoms with Gasteiger partial charge in [0.25, 0.3) is 5.56 Å². The van der Waals surface area contributed by atoms with E-state index >= 15 is 0 Å². The molecule has 0 saturated heterocycles. The quantitative estimate of drug-likeness (QED) is 0.670. The molecular formula is C16H12Cl2N2O2S. The molecular weight excluding hydrogens is 355 g/mol. The first-order chi connectivity index (χ1) is 10.9. The van der Waals surface area contributed by atoms with Crippen LogP contribution < -0.4 is 10.3 Å². The van der Waals surface area contributed by atoms with Gasteiger partial charge in [0, 0.05) is 6.07 Å². The Balaban J connectivity index is 2.40. The molecule has 1 aromatic heterocycles. The number of hydrogen-bond donors (Lipinski definition) is 1. The van der Waals surface area contributed by atoms with Crippen LogP contribution >= 0.6 is 35.4 Å². The fourth-order valence-corrected chi connectivity index (χ4v) is 3.23. The fourth-order valence-electron chi connectivity index (χ4n) is 2.40. The molecule has 0 radical (unpaired) electrons. The highest BCUT2D eigenvalue weighted by molar-refractivity contribution is 7.71. The lowest BCUT2D eigenvalue weighted by Crippen LogP contribution is -2.21. The molecule has 0 aliphatic carbocycles. The van der Waals surface area contributed by atoms with Crippen LogP contribution in [0.4, 0.5) is 0 Å². The van der Waals surface area contributed by atoms with Gasteiger partial charge < -0.3 is 9.72 Å². The number of rotatable bonds is 2. The number of H-pyrrole nitrogens is 1. The number of aromatic amines is 1. The van der Waals surface area contributed by atoms with E-state index in [1.807, 2.05) is 19.1 Å². The van der Waals surface area contributed by atoms with Gasteiger partial charge in [-0.05, 0) is 42.9 Å². The molecule has 2 aromatic carbocycles. The van der Waals surface area contributed by atoms with E-state index in [9.17, 15) is 4.79 Å². The Kier molecular flexibility index (Phi) is 4.19. The number of nitrogens with one attached hydrogen (secondary N) is 1. The molecule has 0 unspecified atom stereocenters. The summed E-state index contributed by atoms with van der Waals surface area (Å²) in [6.45, 7) is 1.95. The van der Waals surface area contributed by atoms with Gasteiger partial charge in [-0.15, -0.1) is 0 Å². The van der Waals surface area contributed by atoms with Crippen LogP contribution in [-0.2, 0) is 0 Å². The fraction of sp³-hybridized carbons (Fsp3) is 0.125. The summed E-state index contributed by atoms with van der Waals surface area (Å²) >= 11 is 17.6. The Labute approximate surface area is 147 Å². The van der Waals surface area contributed by atoms with Crippen molar-refractivity contribution >= 4 is 46.3 Å². The van der Waals surface area contributed by atoms with E-state index in [1.165, 1.54) is 17.7 Å². The number of methoxy groups -OCH3 is 1. The molecule has 23 heavy (non-hydrogen) atoms. The van der Waals surface area contributed by atoms with Gasteiger partial charge in [0.05, 0.1) is 33.7 Å². The molecule has 0 saturated carbocycles. The van der Waals surface area contributed by atoms with E-state index in [1.54, 1.807) is 12.1 Å². The van der Waals surface area contributed by atoms with Crippen LogP contribution in [0.2, 0.25) is 10.0 Å². The van der Waals surface area contributed by atoms with Crippen LogP contribution in [0, 0.1) is 11.7 Å². The zero-order chi connectivity index (χ0) is 16.7. The maximum atomic E-state index is 12.8.